The molecule has 3 N–H and O–H groups in total. The molecule has 0 fully saturated rings. The zero-order chi connectivity index (χ0) is 16.0. The lowest BCUT2D eigenvalue weighted by Crippen LogP contribution is -2.32. The largest absolute Gasteiger partial charge is 0.419 e. The van der Waals surface area contributed by atoms with E-state index in [1.54, 1.807) is 6.92 Å². The maximum absolute atomic E-state index is 13.1. The van der Waals surface area contributed by atoms with Crippen LogP contribution in [0.4, 0.5) is 28.0 Å². The molecule has 0 aliphatic heterocycles. The Kier molecular flexibility index (Phi) is 5.95. The molecule has 0 saturated carbocycles. The molecule has 0 bridgehead atoms. The van der Waals surface area contributed by atoms with Crippen molar-refractivity contribution in [1.29, 1.82) is 0 Å². The second-order valence-corrected chi connectivity index (χ2v) is 4.64. The van der Waals surface area contributed by atoms with E-state index in [0.717, 1.165) is 6.07 Å². The Morgan fingerprint density at radius 3 is 2.62 bits per heavy atom. The average Bonchev–Trinajstić information content (AvgIpc) is 2.38. The van der Waals surface area contributed by atoms with Crippen molar-refractivity contribution in [3.05, 3.63) is 29.6 Å². The van der Waals surface area contributed by atoms with E-state index < -0.39 is 23.6 Å². The number of aliphatic hydroxyl groups is 1. The van der Waals surface area contributed by atoms with Crippen LogP contribution in [0.2, 0.25) is 0 Å². The lowest BCUT2D eigenvalue weighted by Gasteiger charge is -2.13. The molecule has 1 unspecified atom stereocenters. The predicted octanol–water partition coefficient (Wildman–Crippen LogP) is 2.98. The van der Waals surface area contributed by atoms with Crippen molar-refractivity contribution in [2.45, 2.75) is 19.5 Å². The van der Waals surface area contributed by atoms with Gasteiger partial charge in [0.05, 0.1) is 5.56 Å². The number of hydrogen-bond acceptors (Lipinski definition) is 2. The van der Waals surface area contributed by atoms with Crippen LogP contribution >= 0.6 is 0 Å². The molecule has 0 aliphatic carbocycles. The summed E-state index contributed by atoms with van der Waals surface area (Å²) in [5.41, 5.74) is -1.59. The molecule has 2 amide bonds. The quantitative estimate of drug-likeness (QED) is 0.732. The van der Waals surface area contributed by atoms with E-state index in [4.69, 9.17) is 5.11 Å². The van der Waals surface area contributed by atoms with Crippen molar-refractivity contribution in [1.82, 2.24) is 5.32 Å². The molecule has 8 heteroatoms. The van der Waals surface area contributed by atoms with Crippen molar-refractivity contribution >= 4 is 11.7 Å². The summed E-state index contributed by atoms with van der Waals surface area (Å²) in [5, 5.41) is 13.4. The number of benzene rings is 1. The summed E-state index contributed by atoms with van der Waals surface area (Å²) < 4.78 is 50.6. The minimum Gasteiger partial charge on any atom is -0.396 e. The Balaban J connectivity index is 2.65. The monoisotopic (exact) mass is 308 g/mol. The molecular weight excluding hydrogens is 292 g/mol. The molecule has 118 valence electrons. The van der Waals surface area contributed by atoms with Gasteiger partial charge < -0.3 is 15.7 Å². The second-order valence-electron chi connectivity index (χ2n) is 4.64. The zero-order valence-electron chi connectivity index (χ0n) is 11.3. The van der Waals surface area contributed by atoms with Crippen LogP contribution in [-0.4, -0.2) is 24.3 Å². The van der Waals surface area contributed by atoms with Gasteiger partial charge in [-0.05, 0) is 30.5 Å². The van der Waals surface area contributed by atoms with Crippen molar-refractivity contribution < 1.29 is 27.5 Å². The van der Waals surface area contributed by atoms with Crippen molar-refractivity contribution in [2.24, 2.45) is 5.92 Å². The van der Waals surface area contributed by atoms with E-state index >= 15 is 0 Å². The van der Waals surface area contributed by atoms with Crippen molar-refractivity contribution in [3.8, 4) is 0 Å². The summed E-state index contributed by atoms with van der Waals surface area (Å²) in [7, 11) is 0. The number of rotatable bonds is 5. The van der Waals surface area contributed by atoms with Gasteiger partial charge in [0.1, 0.15) is 5.82 Å². The third-order valence-corrected chi connectivity index (χ3v) is 2.76. The number of carbonyl (C=O) groups excluding carboxylic acids is 1. The summed E-state index contributed by atoms with van der Waals surface area (Å²) in [6.45, 7) is 2.05. The number of urea groups is 1. The molecule has 0 aromatic heterocycles. The SMILES string of the molecule is CC(CCO)CNC(=O)Nc1ccc(F)c(C(F)(F)F)c1. The van der Waals surface area contributed by atoms with Gasteiger partial charge in [-0.1, -0.05) is 6.92 Å². The number of hydrogen-bond donors (Lipinski definition) is 3. The van der Waals surface area contributed by atoms with Crippen LogP contribution in [0.3, 0.4) is 0 Å². The lowest BCUT2D eigenvalue weighted by atomic mass is 10.1. The van der Waals surface area contributed by atoms with Gasteiger partial charge in [-0.2, -0.15) is 13.2 Å². The normalized spacial score (nSPS) is 12.9. The van der Waals surface area contributed by atoms with Crippen LogP contribution < -0.4 is 10.6 Å². The Labute approximate surface area is 119 Å². The van der Waals surface area contributed by atoms with Crippen molar-refractivity contribution in [3.63, 3.8) is 0 Å². The highest BCUT2D eigenvalue weighted by atomic mass is 19.4. The molecule has 0 aliphatic rings. The number of halogens is 4. The van der Waals surface area contributed by atoms with E-state index in [9.17, 15) is 22.4 Å². The number of alkyl halides is 3. The molecule has 0 radical (unpaired) electrons. The van der Waals surface area contributed by atoms with Gasteiger partial charge in [0.25, 0.3) is 0 Å². The van der Waals surface area contributed by atoms with Crippen LogP contribution in [0, 0.1) is 11.7 Å². The first-order valence-electron chi connectivity index (χ1n) is 6.26. The summed E-state index contributed by atoms with van der Waals surface area (Å²) in [6.07, 6.45) is -4.33. The standard InChI is InChI=1S/C13H16F4N2O2/c1-8(4-5-20)7-18-12(21)19-9-2-3-11(14)10(6-9)13(15,16)17/h2-3,6,8,20H,4-5,7H2,1H3,(H2,18,19,21). The highest BCUT2D eigenvalue weighted by Crippen LogP contribution is 2.32. The average molecular weight is 308 g/mol. The Morgan fingerprint density at radius 1 is 1.38 bits per heavy atom. The van der Waals surface area contributed by atoms with E-state index in [1.807, 2.05) is 0 Å². The van der Waals surface area contributed by atoms with Gasteiger partial charge in [-0.15, -0.1) is 0 Å². The van der Waals surface area contributed by atoms with E-state index in [-0.39, 0.29) is 24.8 Å². The molecule has 1 aromatic carbocycles. The molecule has 21 heavy (non-hydrogen) atoms. The minimum atomic E-state index is -4.83. The Morgan fingerprint density at radius 2 is 2.05 bits per heavy atom. The summed E-state index contributed by atoms with van der Waals surface area (Å²) >= 11 is 0. The van der Waals surface area contributed by atoms with E-state index in [2.05, 4.69) is 10.6 Å². The maximum Gasteiger partial charge on any atom is 0.419 e. The zero-order valence-corrected chi connectivity index (χ0v) is 11.3. The smallest absolute Gasteiger partial charge is 0.396 e. The van der Waals surface area contributed by atoms with Gasteiger partial charge in [0.2, 0.25) is 0 Å². The van der Waals surface area contributed by atoms with Crippen LogP contribution in [0.5, 0.6) is 0 Å². The number of nitrogens with one attached hydrogen (secondary N) is 2. The first-order valence-corrected chi connectivity index (χ1v) is 6.26. The third-order valence-electron chi connectivity index (χ3n) is 2.76. The summed E-state index contributed by atoms with van der Waals surface area (Å²) in [5.74, 6) is -1.37. The van der Waals surface area contributed by atoms with Crippen molar-refractivity contribution in [2.75, 3.05) is 18.5 Å². The van der Waals surface area contributed by atoms with E-state index in [1.165, 1.54) is 0 Å². The topological polar surface area (TPSA) is 61.4 Å². The second kappa shape index (κ2) is 7.26. The van der Waals surface area contributed by atoms with Crippen LogP contribution in [-0.2, 0) is 6.18 Å². The van der Waals surface area contributed by atoms with Gasteiger partial charge in [-0.25, -0.2) is 9.18 Å². The predicted molar refractivity (Wildman–Crippen MR) is 69.3 cm³/mol. The molecular formula is C13H16F4N2O2. The molecule has 0 spiro atoms. The fourth-order valence-electron chi connectivity index (χ4n) is 1.58. The fourth-order valence-corrected chi connectivity index (χ4v) is 1.58. The van der Waals surface area contributed by atoms with Crippen LogP contribution in [0.25, 0.3) is 0 Å². The molecule has 1 rings (SSSR count). The molecule has 4 nitrogen and oxygen atoms in total. The van der Waals surface area contributed by atoms with E-state index in [0.29, 0.717) is 18.6 Å². The van der Waals surface area contributed by atoms with Crippen LogP contribution in [0.1, 0.15) is 18.9 Å². The highest BCUT2D eigenvalue weighted by molar-refractivity contribution is 5.89. The number of aliphatic hydroxyl groups excluding tert-OH is 1. The third kappa shape index (κ3) is 5.58. The van der Waals surface area contributed by atoms with Gasteiger partial charge >= 0.3 is 12.2 Å². The van der Waals surface area contributed by atoms with Gasteiger partial charge in [-0.3, -0.25) is 0 Å². The molecule has 0 heterocycles. The molecule has 1 atom stereocenters. The molecule has 0 saturated heterocycles. The van der Waals surface area contributed by atoms with Gasteiger partial charge in [0, 0.05) is 18.8 Å². The Bertz CT molecular complexity index is 492. The fraction of sp³-hybridized carbons (Fsp3) is 0.462. The number of anilines is 1. The summed E-state index contributed by atoms with van der Waals surface area (Å²) in [6, 6.07) is 1.53. The van der Waals surface area contributed by atoms with Crippen LogP contribution in [0.15, 0.2) is 18.2 Å². The first kappa shape index (κ1) is 17.2. The lowest BCUT2D eigenvalue weighted by molar-refractivity contribution is -0.139. The first-order chi connectivity index (χ1) is 9.74. The minimum absolute atomic E-state index is 0.0165. The number of carbonyl (C=O) groups is 1. The summed E-state index contributed by atoms with van der Waals surface area (Å²) in [4.78, 5) is 11.5. The maximum atomic E-state index is 13.1. The number of amides is 2. The Hall–Kier alpha value is -1.83. The van der Waals surface area contributed by atoms with Gasteiger partial charge in [0.15, 0.2) is 0 Å². The highest BCUT2D eigenvalue weighted by Gasteiger charge is 2.34. The molecule has 1 aromatic rings.